The van der Waals surface area contributed by atoms with Gasteiger partial charge in [-0.15, -0.1) is 0 Å². The topological polar surface area (TPSA) is 110 Å². The maximum absolute atomic E-state index is 10.4. The molecule has 5 N–H and O–H groups in total. The van der Waals surface area contributed by atoms with Gasteiger partial charge in [-0.3, -0.25) is 4.55 Å². The monoisotopic (exact) mass is 225 g/mol. The molecule has 0 saturated carbocycles. The molecule has 86 valence electrons. The van der Waals surface area contributed by atoms with Gasteiger partial charge in [0.2, 0.25) is 0 Å². The SMILES string of the molecule is NCCN(CCN)CCCS(=O)(=O)O. The van der Waals surface area contributed by atoms with Crippen LogP contribution in [-0.2, 0) is 10.1 Å². The number of hydrogen-bond donors (Lipinski definition) is 3. The van der Waals surface area contributed by atoms with E-state index in [2.05, 4.69) is 0 Å². The van der Waals surface area contributed by atoms with E-state index in [0.29, 0.717) is 39.1 Å². The molecule has 0 heterocycles. The first kappa shape index (κ1) is 13.8. The summed E-state index contributed by atoms with van der Waals surface area (Å²) < 4.78 is 29.3. The number of nitrogens with zero attached hydrogens (tertiary/aromatic N) is 1. The van der Waals surface area contributed by atoms with Gasteiger partial charge in [-0.1, -0.05) is 0 Å². The predicted molar refractivity (Wildman–Crippen MR) is 55.6 cm³/mol. The van der Waals surface area contributed by atoms with E-state index in [1.54, 1.807) is 0 Å². The minimum Gasteiger partial charge on any atom is -0.329 e. The van der Waals surface area contributed by atoms with Crippen molar-refractivity contribution in [2.45, 2.75) is 6.42 Å². The molecule has 0 aliphatic heterocycles. The largest absolute Gasteiger partial charge is 0.329 e. The number of hydrogen-bond acceptors (Lipinski definition) is 5. The van der Waals surface area contributed by atoms with Gasteiger partial charge in [0.05, 0.1) is 5.75 Å². The maximum Gasteiger partial charge on any atom is 0.264 e. The second kappa shape index (κ2) is 7.13. The first-order valence-corrected chi connectivity index (χ1v) is 6.18. The van der Waals surface area contributed by atoms with Crippen molar-refractivity contribution in [3.8, 4) is 0 Å². The van der Waals surface area contributed by atoms with Crippen molar-refractivity contribution in [2.75, 3.05) is 38.5 Å². The molecule has 0 rings (SSSR count). The Labute approximate surface area is 85.0 Å². The Balaban J connectivity index is 3.70. The fourth-order valence-corrected chi connectivity index (χ4v) is 1.67. The minimum absolute atomic E-state index is 0.210. The number of rotatable bonds is 8. The minimum atomic E-state index is -3.84. The molecule has 6 nitrogen and oxygen atoms in total. The molecule has 0 atom stereocenters. The normalized spacial score (nSPS) is 12.3. The second-order valence-corrected chi connectivity index (χ2v) is 4.63. The van der Waals surface area contributed by atoms with Crippen LogP contribution in [0.3, 0.4) is 0 Å². The lowest BCUT2D eigenvalue weighted by atomic mass is 10.4. The van der Waals surface area contributed by atoms with Gasteiger partial charge in [-0.05, 0) is 13.0 Å². The molecule has 0 aromatic carbocycles. The van der Waals surface area contributed by atoms with Crippen LogP contribution in [0.15, 0.2) is 0 Å². The van der Waals surface area contributed by atoms with Gasteiger partial charge in [0.15, 0.2) is 0 Å². The van der Waals surface area contributed by atoms with Crippen molar-refractivity contribution in [2.24, 2.45) is 11.5 Å². The lowest BCUT2D eigenvalue weighted by Gasteiger charge is -2.19. The van der Waals surface area contributed by atoms with Crippen LogP contribution in [0.25, 0.3) is 0 Å². The fraction of sp³-hybridized carbons (Fsp3) is 1.00. The van der Waals surface area contributed by atoms with Gasteiger partial charge < -0.3 is 16.4 Å². The van der Waals surface area contributed by atoms with Crippen LogP contribution in [0, 0.1) is 0 Å². The van der Waals surface area contributed by atoms with Crippen molar-refractivity contribution in [1.29, 1.82) is 0 Å². The third-order valence-corrected chi connectivity index (χ3v) is 2.57. The van der Waals surface area contributed by atoms with Crippen molar-refractivity contribution in [3.63, 3.8) is 0 Å². The molecule has 0 fully saturated rings. The molecule has 0 unspecified atom stereocenters. The van der Waals surface area contributed by atoms with Crippen LogP contribution in [-0.4, -0.2) is 56.3 Å². The summed E-state index contributed by atoms with van der Waals surface area (Å²) in [7, 11) is -3.84. The summed E-state index contributed by atoms with van der Waals surface area (Å²) in [5.41, 5.74) is 10.7. The molecule has 7 heteroatoms. The highest BCUT2D eigenvalue weighted by Gasteiger charge is 2.07. The van der Waals surface area contributed by atoms with Crippen LogP contribution in [0.4, 0.5) is 0 Å². The third-order valence-electron chi connectivity index (χ3n) is 1.77. The maximum atomic E-state index is 10.4. The Morgan fingerprint density at radius 1 is 1.07 bits per heavy atom. The molecule has 0 saturated heterocycles. The number of nitrogens with two attached hydrogens (primary N) is 2. The Morgan fingerprint density at radius 3 is 1.93 bits per heavy atom. The smallest absolute Gasteiger partial charge is 0.264 e. The summed E-state index contributed by atoms with van der Waals surface area (Å²) in [5.74, 6) is -0.210. The molecule has 0 bridgehead atoms. The summed E-state index contributed by atoms with van der Waals surface area (Å²) in [6.45, 7) is 3.03. The average Bonchev–Trinajstić information content (AvgIpc) is 2.02. The van der Waals surface area contributed by atoms with Gasteiger partial charge in [0, 0.05) is 26.2 Å². The Kier molecular flexibility index (Phi) is 7.02. The third kappa shape index (κ3) is 8.39. The van der Waals surface area contributed by atoms with Crippen LogP contribution >= 0.6 is 0 Å². The van der Waals surface area contributed by atoms with Gasteiger partial charge in [-0.25, -0.2) is 0 Å². The zero-order valence-corrected chi connectivity index (χ0v) is 9.04. The van der Waals surface area contributed by atoms with E-state index in [1.165, 1.54) is 0 Å². The zero-order chi connectivity index (χ0) is 11.0. The molecule has 0 spiro atoms. The van der Waals surface area contributed by atoms with Crippen molar-refractivity contribution >= 4 is 10.1 Å². The molecule has 0 aromatic rings. The summed E-state index contributed by atoms with van der Waals surface area (Å²) >= 11 is 0. The Morgan fingerprint density at radius 2 is 1.57 bits per heavy atom. The van der Waals surface area contributed by atoms with Gasteiger partial charge >= 0.3 is 0 Å². The molecule has 0 radical (unpaired) electrons. The molecule has 0 aliphatic carbocycles. The molecule has 0 aromatic heterocycles. The summed E-state index contributed by atoms with van der Waals surface area (Å²) in [6, 6.07) is 0. The van der Waals surface area contributed by atoms with E-state index in [1.807, 2.05) is 4.90 Å². The van der Waals surface area contributed by atoms with E-state index in [-0.39, 0.29) is 5.75 Å². The van der Waals surface area contributed by atoms with Crippen LogP contribution in [0.1, 0.15) is 6.42 Å². The standard InChI is InChI=1S/C7H19N3O3S/c8-2-5-10(6-3-9)4-1-7-14(11,12)13/h1-9H2,(H,11,12,13). The molecule has 0 amide bonds. The van der Waals surface area contributed by atoms with Gasteiger partial charge in [-0.2, -0.15) is 8.42 Å². The molecule has 0 aliphatic rings. The Hall–Kier alpha value is -0.210. The predicted octanol–water partition coefficient (Wildman–Crippen LogP) is -1.52. The van der Waals surface area contributed by atoms with E-state index in [0.717, 1.165) is 0 Å². The molecular formula is C7H19N3O3S. The van der Waals surface area contributed by atoms with Gasteiger partial charge in [0.1, 0.15) is 0 Å². The van der Waals surface area contributed by atoms with E-state index < -0.39 is 10.1 Å². The second-order valence-electron chi connectivity index (χ2n) is 3.06. The highest BCUT2D eigenvalue weighted by atomic mass is 32.2. The average molecular weight is 225 g/mol. The van der Waals surface area contributed by atoms with Crippen molar-refractivity contribution in [1.82, 2.24) is 4.90 Å². The van der Waals surface area contributed by atoms with Crippen LogP contribution in [0.2, 0.25) is 0 Å². The summed E-state index contributed by atoms with van der Waals surface area (Å²) in [5, 5.41) is 0. The van der Waals surface area contributed by atoms with E-state index in [9.17, 15) is 8.42 Å². The van der Waals surface area contributed by atoms with Crippen molar-refractivity contribution in [3.05, 3.63) is 0 Å². The highest BCUT2D eigenvalue weighted by molar-refractivity contribution is 7.85. The Bertz CT molecular complexity index is 224. The first-order valence-electron chi connectivity index (χ1n) is 4.57. The summed E-state index contributed by atoms with van der Waals surface area (Å²) in [6.07, 6.45) is 0.402. The van der Waals surface area contributed by atoms with E-state index >= 15 is 0 Å². The van der Waals surface area contributed by atoms with Crippen LogP contribution in [0.5, 0.6) is 0 Å². The van der Waals surface area contributed by atoms with Gasteiger partial charge in [0.25, 0.3) is 10.1 Å². The van der Waals surface area contributed by atoms with Crippen molar-refractivity contribution < 1.29 is 13.0 Å². The zero-order valence-electron chi connectivity index (χ0n) is 8.22. The fourth-order valence-electron chi connectivity index (χ4n) is 1.17. The summed E-state index contributed by atoms with van der Waals surface area (Å²) in [4.78, 5) is 1.98. The quantitative estimate of drug-likeness (QED) is 0.433. The molecular weight excluding hydrogens is 206 g/mol. The molecule has 14 heavy (non-hydrogen) atoms. The highest BCUT2D eigenvalue weighted by Crippen LogP contribution is 1.93. The first-order chi connectivity index (χ1) is 6.49. The van der Waals surface area contributed by atoms with Crippen LogP contribution < -0.4 is 11.5 Å². The lowest BCUT2D eigenvalue weighted by molar-refractivity contribution is 0.289. The van der Waals surface area contributed by atoms with E-state index in [4.69, 9.17) is 16.0 Å². The lowest BCUT2D eigenvalue weighted by Crippen LogP contribution is -2.35.